The number of aryl methyl sites for hydroxylation is 1. The lowest BCUT2D eigenvalue weighted by molar-refractivity contribution is -0.149. The highest BCUT2D eigenvalue weighted by Crippen LogP contribution is 2.19. The van der Waals surface area contributed by atoms with Crippen LogP contribution in [0, 0.1) is 12.7 Å². The molecule has 0 bridgehead atoms. The van der Waals surface area contributed by atoms with Gasteiger partial charge in [-0.1, -0.05) is 6.07 Å². The van der Waals surface area contributed by atoms with E-state index in [0.29, 0.717) is 12.8 Å². The first-order valence-electron chi connectivity index (χ1n) is 6.40. The van der Waals surface area contributed by atoms with E-state index in [9.17, 15) is 14.0 Å². The summed E-state index contributed by atoms with van der Waals surface area (Å²) in [5, 5.41) is 11.4. The van der Waals surface area contributed by atoms with E-state index >= 15 is 0 Å². The van der Waals surface area contributed by atoms with Crippen molar-refractivity contribution in [2.24, 2.45) is 0 Å². The van der Waals surface area contributed by atoms with Crippen molar-refractivity contribution in [1.82, 2.24) is 5.32 Å². The van der Waals surface area contributed by atoms with Gasteiger partial charge in [-0.25, -0.2) is 9.18 Å². The number of halogens is 1. The minimum Gasteiger partial charge on any atom is -0.479 e. The highest BCUT2D eigenvalue weighted by Gasteiger charge is 2.30. The van der Waals surface area contributed by atoms with Crippen LogP contribution in [0.5, 0.6) is 0 Å². The molecule has 0 aliphatic carbocycles. The van der Waals surface area contributed by atoms with Crippen molar-refractivity contribution in [1.29, 1.82) is 0 Å². The third kappa shape index (κ3) is 3.33. The van der Waals surface area contributed by atoms with Gasteiger partial charge in [0.25, 0.3) is 5.91 Å². The highest BCUT2D eigenvalue weighted by molar-refractivity contribution is 5.94. The molecular weight excluding hydrogens is 265 g/mol. The summed E-state index contributed by atoms with van der Waals surface area (Å²) in [5.41, 5.74) is 0.714. The van der Waals surface area contributed by atoms with Crippen molar-refractivity contribution < 1.29 is 23.8 Å². The quantitative estimate of drug-likeness (QED) is 0.877. The number of nitrogens with one attached hydrogen (secondary N) is 1. The third-order valence-electron chi connectivity index (χ3n) is 3.24. The maximum absolute atomic E-state index is 13.6. The Kier molecular flexibility index (Phi) is 4.34. The van der Waals surface area contributed by atoms with E-state index in [4.69, 9.17) is 9.84 Å². The zero-order chi connectivity index (χ0) is 14.7. The SMILES string of the molecule is Cc1ccc(C(=O)NCC2CCC(C(=O)O)O2)c(F)c1. The van der Waals surface area contributed by atoms with Crippen LogP contribution >= 0.6 is 0 Å². The number of carbonyl (C=O) groups is 2. The summed E-state index contributed by atoms with van der Waals surface area (Å²) in [4.78, 5) is 22.5. The molecule has 0 spiro atoms. The molecule has 2 unspecified atom stereocenters. The van der Waals surface area contributed by atoms with Crippen LogP contribution in [-0.4, -0.2) is 35.7 Å². The van der Waals surface area contributed by atoms with Crippen LogP contribution in [0.15, 0.2) is 18.2 Å². The zero-order valence-corrected chi connectivity index (χ0v) is 11.1. The Labute approximate surface area is 115 Å². The number of carboxylic acid groups (broad SMARTS) is 1. The van der Waals surface area contributed by atoms with Crippen molar-refractivity contribution in [3.8, 4) is 0 Å². The molecule has 1 aromatic carbocycles. The van der Waals surface area contributed by atoms with Gasteiger partial charge in [0.15, 0.2) is 6.10 Å². The molecule has 1 amide bonds. The lowest BCUT2D eigenvalue weighted by atomic mass is 10.1. The van der Waals surface area contributed by atoms with Gasteiger partial charge in [-0.3, -0.25) is 4.79 Å². The molecule has 5 nitrogen and oxygen atoms in total. The molecule has 2 atom stereocenters. The summed E-state index contributed by atoms with van der Waals surface area (Å²) in [6.07, 6.45) is -0.163. The first-order valence-corrected chi connectivity index (χ1v) is 6.40. The van der Waals surface area contributed by atoms with Crippen LogP contribution in [0.2, 0.25) is 0 Å². The number of hydrogen-bond acceptors (Lipinski definition) is 3. The van der Waals surface area contributed by atoms with Gasteiger partial charge in [0.05, 0.1) is 11.7 Å². The Morgan fingerprint density at radius 1 is 1.45 bits per heavy atom. The average Bonchev–Trinajstić information content (AvgIpc) is 2.85. The number of ether oxygens (including phenoxy) is 1. The Bertz CT molecular complexity index is 532. The minimum atomic E-state index is -0.997. The average molecular weight is 281 g/mol. The van der Waals surface area contributed by atoms with Gasteiger partial charge in [-0.05, 0) is 37.5 Å². The fourth-order valence-corrected chi connectivity index (χ4v) is 2.14. The van der Waals surface area contributed by atoms with Crippen LogP contribution in [-0.2, 0) is 9.53 Å². The van der Waals surface area contributed by atoms with Gasteiger partial charge in [-0.15, -0.1) is 0 Å². The second-order valence-corrected chi connectivity index (χ2v) is 4.86. The van der Waals surface area contributed by atoms with Gasteiger partial charge < -0.3 is 15.2 Å². The molecule has 1 heterocycles. The monoisotopic (exact) mass is 281 g/mol. The molecule has 1 aromatic rings. The molecule has 0 saturated carbocycles. The minimum absolute atomic E-state index is 0.0246. The van der Waals surface area contributed by atoms with Gasteiger partial charge >= 0.3 is 5.97 Å². The summed E-state index contributed by atoms with van der Waals surface area (Å²) >= 11 is 0. The van der Waals surface area contributed by atoms with E-state index in [1.54, 1.807) is 13.0 Å². The van der Waals surface area contributed by atoms with Gasteiger partial charge in [0.2, 0.25) is 0 Å². The molecule has 6 heteroatoms. The highest BCUT2D eigenvalue weighted by atomic mass is 19.1. The van der Waals surface area contributed by atoms with Crippen molar-refractivity contribution in [2.45, 2.75) is 32.0 Å². The summed E-state index contributed by atoms with van der Waals surface area (Å²) < 4.78 is 18.8. The molecule has 20 heavy (non-hydrogen) atoms. The van der Waals surface area contributed by atoms with Crippen molar-refractivity contribution in [3.05, 3.63) is 35.1 Å². The largest absolute Gasteiger partial charge is 0.479 e. The van der Waals surface area contributed by atoms with E-state index in [0.717, 1.165) is 5.56 Å². The maximum atomic E-state index is 13.6. The molecule has 2 N–H and O–H groups in total. The molecule has 1 aliphatic heterocycles. The van der Waals surface area contributed by atoms with Crippen LogP contribution in [0.25, 0.3) is 0 Å². The van der Waals surface area contributed by atoms with Crippen LogP contribution in [0.1, 0.15) is 28.8 Å². The maximum Gasteiger partial charge on any atom is 0.332 e. The summed E-state index contributed by atoms with van der Waals surface area (Å²) in [5.74, 6) is -2.09. The van der Waals surface area contributed by atoms with Crippen LogP contribution in [0.3, 0.4) is 0 Å². The Hall–Kier alpha value is -1.95. The lowest BCUT2D eigenvalue weighted by Crippen LogP contribution is -2.33. The van der Waals surface area contributed by atoms with Gasteiger partial charge in [0.1, 0.15) is 5.82 Å². The smallest absolute Gasteiger partial charge is 0.332 e. The first-order chi connectivity index (χ1) is 9.47. The molecular formula is C14H16FNO4. The Morgan fingerprint density at radius 2 is 2.20 bits per heavy atom. The van der Waals surface area contributed by atoms with Crippen molar-refractivity contribution in [2.75, 3.05) is 6.54 Å². The molecule has 0 radical (unpaired) electrons. The Balaban J connectivity index is 1.88. The predicted octanol–water partition coefficient (Wildman–Crippen LogP) is 1.50. The molecule has 0 aromatic heterocycles. The fourth-order valence-electron chi connectivity index (χ4n) is 2.14. The van der Waals surface area contributed by atoms with Crippen LogP contribution < -0.4 is 5.32 Å². The summed E-state index contributed by atoms with van der Waals surface area (Å²) in [6.45, 7) is 1.92. The van der Waals surface area contributed by atoms with E-state index < -0.39 is 23.8 Å². The van der Waals surface area contributed by atoms with E-state index in [-0.39, 0.29) is 18.2 Å². The van der Waals surface area contributed by atoms with E-state index in [2.05, 4.69) is 5.32 Å². The van der Waals surface area contributed by atoms with Gasteiger partial charge in [0, 0.05) is 6.54 Å². The molecule has 1 saturated heterocycles. The third-order valence-corrected chi connectivity index (χ3v) is 3.24. The predicted molar refractivity (Wildman–Crippen MR) is 69.0 cm³/mol. The van der Waals surface area contributed by atoms with Crippen LogP contribution in [0.4, 0.5) is 4.39 Å². The standard InChI is InChI=1S/C14H16FNO4/c1-8-2-4-10(11(15)6-8)13(17)16-7-9-3-5-12(20-9)14(18)19/h2,4,6,9,12H,3,5,7H2,1H3,(H,16,17)(H,18,19). The van der Waals surface area contributed by atoms with Gasteiger partial charge in [-0.2, -0.15) is 0 Å². The molecule has 1 fully saturated rings. The molecule has 1 aliphatic rings. The number of rotatable bonds is 4. The molecule has 2 rings (SSSR count). The van der Waals surface area contributed by atoms with Crippen molar-refractivity contribution >= 4 is 11.9 Å². The fraction of sp³-hybridized carbons (Fsp3) is 0.429. The number of carbonyl (C=O) groups excluding carboxylic acids is 1. The van der Waals surface area contributed by atoms with Crippen molar-refractivity contribution in [3.63, 3.8) is 0 Å². The summed E-state index contributed by atoms with van der Waals surface area (Å²) in [6, 6.07) is 4.38. The number of aliphatic carboxylic acids is 1. The summed E-state index contributed by atoms with van der Waals surface area (Å²) in [7, 11) is 0. The second-order valence-electron chi connectivity index (χ2n) is 4.86. The number of benzene rings is 1. The Morgan fingerprint density at radius 3 is 2.80 bits per heavy atom. The van der Waals surface area contributed by atoms with E-state index in [1.165, 1.54) is 12.1 Å². The number of amides is 1. The normalized spacial score (nSPS) is 21.7. The topological polar surface area (TPSA) is 75.6 Å². The lowest BCUT2D eigenvalue weighted by Gasteiger charge is -2.12. The first kappa shape index (κ1) is 14.5. The number of hydrogen-bond donors (Lipinski definition) is 2. The zero-order valence-electron chi connectivity index (χ0n) is 11.1. The number of carboxylic acids is 1. The van der Waals surface area contributed by atoms with E-state index in [1.807, 2.05) is 0 Å². The molecule has 108 valence electrons. The second kappa shape index (κ2) is 6.00.